The Morgan fingerprint density at radius 2 is 1.69 bits per heavy atom. The minimum atomic E-state index is -0.725. The van der Waals surface area contributed by atoms with Crippen LogP contribution < -0.4 is 30.2 Å². The molecule has 3 amide bonds. The van der Waals surface area contributed by atoms with Gasteiger partial charge in [-0.2, -0.15) is 0 Å². The van der Waals surface area contributed by atoms with Crippen LogP contribution in [0.2, 0.25) is 0 Å². The summed E-state index contributed by atoms with van der Waals surface area (Å²) in [5.41, 5.74) is 2.80. The average molecular weight is 492 g/mol. The Bertz CT molecular complexity index is 1290. The molecular weight excluding hydrogens is 465 g/mol. The summed E-state index contributed by atoms with van der Waals surface area (Å²) in [6, 6.07) is 17.0. The van der Waals surface area contributed by atoms with Crippen LogP contribution in [0, 0.1) is 5.82 Å². The van der Waals surface area contributed by atoms with Crippen molar-refractivity contribution < 1.29 is 28.2 Å². The van der Waals surface area contributed by atoms with Gasteiger partial charge in [0.25, 0.3) is 5.91 Å². The van der Waals surface area contributed by atoms with Gasteiger partial charge in [-0.3, -0.25) is 4.79 Å². The summed E-state index contributed by atoms with van der Waals surface area (Å²) in [6.45, 7) is 1.89. The SMILES string of the molecule is COc1ccc(NC(=O)C2=C(C)NC(=O)NC2c2ccc(OCc3ccc(F)cc3)c(OC)c2)cc1. The zero-order valence-corrected chi connectivity index (χ0v) is 20.1. The van der Waals surface area contributed by atoms with E-state index in [2.05, 4.69) is 16.0 Å². The third-order valence-electron chi connectivity index (χ3n) is 5.69. The molecular formula is C27H26FN3O5. The van der Waals surface area contributed by atoms with Gasteiger partial charge in [0.2, 0.25) is 0 Å². The molecule has 3 N–H and O–H groups in total. The van der Waals surface area contributed by atoms with E-state index in [1.807, 2.05) is 0 Å². The van der Waals surface area contributed by atoms with Crippen molar-refractivity contribution in [2.24, 2.45) is 0 Å². The number of amides is 3. The molecule has 4 rings (SSSR count). The molecule has 0 spiro atoms. The molecule has 186 valence electrons. The van der Waals surface area contributed by atoms with Gasteiger partial charge in [-0.25, -0.2) is 9.18 Å². The summed E-state index contributed by atoms with van der Waals surface area (Å²) in [7, 11) is 3.07. The number of allylic oxidation sites excluding steroid dienone is 1. The van der Waals surface area contributed by atoms with E-state index in [4.69, 9.17) is 14.2 Å². The van der Waals surface area contributed by atoms with Crippen LogP contribution in [0.15, 0.2) is 78.0 Å². The summed E-state index contributed by atoms with van der Waals surface area (Å²) >= 11 is 0. The summed E-state index contributed by atoms with van der Waals surface area (Å²) in [5.74, 6) is 0.873. The molecule has 1 aliphatic heterocycles. The third-order valence-corrected chi connectivity index (χ3v) is 5.69. The molecule has 9 heteroatoms. The number of carbonyl (C=O) groups is 2. The highest BCUT2D eigenvalue weighted by Crippen LogP contribution is 2.35. The maximum Gasteiger partial charge on any atom is 0.319 e. The molecule has 0 radical (unpaired) electrons. The molecule has 1 unspecified atom stereocenters. The summed E-state index contributed by atoms with van der Waals surface area (Å²) < 4.78 is 29.7. The topological polar surface area (TPSA) is 97.9 Å². The smallest absolute Gasteiger partial charge is 0.319 e. The lowest BCUT2D eigenvalue weighted by Crippen LogP contribution is -2.45. The second-order valence-corrected chi connectivity index (χ2v) is 8.08. The van der Waals surface area contributed by atoms with Crippen molar-refractivity contribution in [2.75, 3.05) is 19.5 Å². The number of hydrogen-bond donors (Lipinski definition) is 3. The van der Waals surface area contributed by atoms with E-state index in [1.54, 1.807) is 68.6 Å². The Morgan fingerprint density at radius 3 is 2.36 bits per heavy atom. The zero-order chi connectivity index (χ0) is 25.7. The minimum Gasteiger partial charge on any atom is -0.497 e. The number of halogens is 1. The number of rotatable bonds is 8. The van der Waals surface area contributed by atoms with Crippen LogP contribution in [0.25, 0.3) is 0 Å². The summed E-state index contributed by atoms with van der Waals surface area (Å²) in [6.07, 6.45) is 0. The Balaban J connectivity index is 1.57. The first-order valence-electron chi connectivity index (χ1n) is 11.2. The van der Waals surface area contributed by atoms with E-state index in [-0.39, 0.29) is 18.3 Å². The number of nitrogens with one attached hydrogen (secondary N) is 3. The van der Waals surface area contributed by atoms with Gasteiger partial charge in [-0.1, -0.05) is 18.2 Å². The van der Waals surface area contributed by atoms with Gasteiger partial charge < -0.3 is 30.2 Å². The highest BCUT2D eigenvalue weighted by Gasteiger charge is 2.32. The van der Waals surface area contributed by atoms with Crippen LogP contribution in [0.4, 0.5) is 14.9 Å². The van der Waals surface area contributed by atoms with Gasteiger partial charge in [-0.15, -0.1) is 0 Å². The molecule has 1 heterocycles. The molecule has 0 fully saturated rings. The number of carbonyl (C=O) groups excluding carboxylic acids is 2. The molecule has 3 aromatic rings. The summed E-state index contributed by atoms with van der Waals surface area (Å²) in [5, 5.41) is 8.34. The van der Waals surface area contributed by atoms with Gasteiger partial charge in [0.05, 0.1) is 25.8 Å². The zero-order valence-electron chi connectivity index (χ0n) is 20.1. The Hall–Kier alpha value is -4.53. The number of anilines is 1. The molecule has 36 heavy (non-hydrogen) atoms. The van der Waals surface area contributed by atoms with Crippen molar-refractivity contribution in [3.05, 3.63) is 94.9 Å². The highest BCUT2D eigenvalue weighted by atomic mass is 19.1. The molecule has 0 aromatic heterocycles. The van der Waals surface area contributed by atoms with Crippen molar-refractivity contribution >= 4 is 17.6 Å². The van der Waals surface area contributed by atoms with E-state index >= 15 is 0 Å². The number of ether oxygens (including phenoxy) is 3. The second-order valence-electron chi connectivity index (χ2n) is 8.08. The van der Waals surface area contributed by atoms with Crippen molar-refractivity contribution in [2.45, 2.75) is 19.6 Å². The molecule has 3 aromatic carbocycles. The fourth-order valence-corrected chi connectivity index (χ4v) is 3.84. The van der Waals surface area contributed by atoms with E-state index in [0.29, 0.717) is 39.8 Å². The monoisotopic (exact) mass is 491 g/mol. The average Bonchev–Trinajstić information content (AvgIpc) is 2.88. The molecule has 1 aliphatic rings. The first kappa shape index (κ1) is 24.6. The lowest BCUT2D eigenvalue weighted by Gasteiger charge is -2.29. The van der Waals surface area contributed by atoms with E-state index in [1.165, 1.54) is 19.2 Å². The van der Waals surface area contributed by atoms with Crippen LogP contribution in [-0.4, -0.2) is 26.2 Å². The Labute approximate surface area is 208 Å². The van der Waals surface area contributed by atoms with Crippen LogP contribution in [-0.2, 0) is 11.4 Å². The van der Waals surface area contributed by atoms with Crippen LogP contribution in [0.5, 0.6) is 17.2 Å². The van der Waals surface area contributed by atoms with Crippen molar-refractivity contribution in [3.63, 3.8) is 0 Å². The third kappa shape index (κ3) is 5.57. The maximum atomic E-state index is 13.3. The maximum absolute atomic E-state index is 13.3. The Kier molecular flexibility index (Phi) is 7.39. The normalized spacial score (nSPS) is 15.0. The van der Waals surface area contributed by atoms with Crippen molar-refractivity contribution in [1.82, 2.24) is 10.6 Å². The van der Waals surface area contributed by atoms with Gasteiger partial charge in [-0.05, 0) is 66.6 Å². The predicted molar refractivity (Wildman–Crippen MR) is 132 cm³/mol. The van der Waals surface area contributed by atoms with E-state index in [0.717, 1.165) is 5.56 Å². The minimum absolute atomic E-state index is 0.217. The molecule has 0 aliphatic carbocycles. The number of benzene rings is 3. The quantitative estimate of drug-likeness (QED) is 0.425. The molecule has 0 bridgehead atoms. The molecule has 0 saturated carbocycles. The van der Waals surface area contributed by atoms with Gasteiger partial charge in [0.1, 0.15) is 18.2 Å². The lowest BCUT2D eigenvalue weighted by molar-refractivity contribution is -0.113. The number of hydrogen-bond acceptors (Lipinski definition) is 5. The van der Waals surface area contributed by atoms with Gasteiger partial charge >= 0.3 is 6.03 Å². The fourth-order valence-electron chi connectivity index (χ4n) is 3.84. The molecule has 0 saturated heterocycles. The second kappa shape index (κ2) is 10.8. The Morgan fingerprint density at radius 1 is 0.972 bits per heavy atom. The van der Waals surface area contributed by atoms with E-state index in [9.17, 15) is 14.0 Å². The molecule has 8 nitrogen and oxygen atoms in total. The summed E-state index contributed by atoms with van der Waals surface area (Å²) in [4.78, 5) is 25.5. The highest BCUT2D eigenvalue weighted by molar-refractivity contribution is 6.06. The van der Waals surface area contributed by atoms with Crippen molar-refractivity contribution in [1.29, 1.82) is 0 Å². The van der Waals surface area contributed by atoms with Crippen LogP contribution in [0.3, 0.4) is 0 Å². The van der Waals surface area contributed by atoms with Crippen LogP contribution >= 0.6 is 0 Å². The fraction of sp³-hybridized carbons (Fsp3) is 0.185. The van der Waals surface area contributed by atoms with Gasteiger partial charge in [0, 0.05) is 11.4 Å². The lowest BCUT2D eigenvalue weighted by atomic mass is 9.94. The standard InChI is InChI=1S/C27H26FN3O5/c1-16-24(26(32)30-20-9-11-21(34-2)12-10-20)25(31-27(33)29-16)18-6-13-22(23(14-18)35-3)36-15-17-4-7-19(28)8-5-17/h4-14,25H,15H2,1-3H3,(H,30,32)(H2,29,31,33). The predicted octanol–water partition coefficient (Wildman–Crippen LogP) is 4.69. The number of methoxy groups -OCH3 is 2. The van der Waals surface area contributed by atoms with Crippen LogP contribution in [0.1, 0.15) is 24.1 Å². The first-order chi connectivity index (χ1) is 17.4. The van der Waals surface area contributed by atoms with Gasteiger partial charge in [0.15, 0.2) is 11.5 Å². The first-order valence-corrected chi connectivity index (χ1v) is 11.2. The largest absolute Gasteiger partial charge is 0.497 e. The van der Waals surface area contributed by atoms with Crippen molar-refractivity contribution in [3.8, 4) is 17.2 Å². The molecule has 1 atom stereocenters. The number of urea groups is 1. The van der Waals surface area contributed by atoms with E-state index < -0.39 is 12.1 Å².